The van der Waals surface area contributed by atoms with Gasteiger partial charge in [0.15, 0.2) is 0 Å². The van der Waals surface area contributed by atoms with Crippen molar-refractivity contribution in [2.75, 3.05) is 43.0 Å². The lowest BCUT2D eigenvalue weighted by Gasteiger charge is -2.36. The van der Waals surface area contributed by atoms with Crippen LogP contribution < -0.4 is 15.0 Å². The van der Waals surface area contributed by atoms with Crippen molar-refractivity contribution in [1.29, 1.82) is 0 Å². The summed E-state index contributed by atoms with van der Waals surface area (Å²) in [5.74, 6) is 0.891. The fourth-order valence-electron chi connectivity index (χ4n) is 3.08. The quantitative estimate of drug-likeness (QED) is 0.863. The summed E-state index contributed by atoms with van der Waals surface area (Å²) in [6.07, 6.45) is 0. The maximum atomic E-state index is 12.6. The number of hydrogen-bond acceptors (Lipinski definition) is 3. The number of halogens is 1. The number of rotatable bonds is 4. The van der Waals surface area contributed by atoms with Crippen LogP contribution in [0.1, 0.15) is 12.5 Å². The highest BCUT2D eigenvalue weighted by atomic mass is 35.5. The molecule has 1 saturated heterocycles. The zero-order valence-corrected chi connectivity index (χ0v) is 15.9. The molecule has 1 fully saturated rings. The molecule has 5 nitrogen and oxygen atoms in total. The molecule has 0 aromatic heterocycles. The Balaban J connectivity index is 1.62. The van der Waals surface area contributed by atoms with Gasteiger partial charge in [0, 0.05) is 36.9 Å². The van der Waals surface area contributed by atoms with Gasteiger partial charge < -0.3 is 19.9 Å². The summed E-state index contributed by atoms with van der Waals surface area (Å²) in [7, 11) is 0. The summed E-state index contributed by atoms with van der Waals surface area (Å²) < 4.78 is 5.72. The van der Waals surface area contributed by atoms with Crippen LogP contribution in [0, 0.1) is 6.92 Å². The van der Waals surface area contributed by atoms with Gasteiger partial charge in [0.1, 0.15) is 5.75 Å². The number of nitrogens with one attached hydrogen (secondary N) is 1. The summed E-state index contributed by atoms with van der Waals surface area (Å²) in [4.78, 5) is 16.7. The third kappa shape index (κ3) is 4.05. The smallest absolute Gasteiger partial charge is 0.321 e. The van der Waals surface area contributed by atoms with Crippen LogP contribution in [0.4, 0.5) is 16.2 Å². The van der Waals surface area contributed by atoms with E-state index in [1.54, 1.807) is 0 Å². The zero-order valence-electron chi connectivity index (χ0n) is 15.2. The van der Waals surface area contributed by atoms with Crippen molar-refractivity contribution < 1.29 is 9.53 Å². The third-order valence-corrected chi connectivity index (χ3v) is 4.99. The van der Waals surface area contributed by atoms with Crippen LogP contribution in [-0.2, 0) is 0 Å². The fourth-order valence-corrected chi connectivity index (χ4v) is 3.26. The van der Waals surface area contributed by atoms with E-state index in [1.807, 2.05) is 55.1 Å². The molecule has 1 aliphatic heterocycles. The molecular formula is C20H24ClN3O2. The van der Waals surface area contributed by atoms with Gasteiger partial charge in [-0.05, 0) is 43.7 Å². The minimum atomic E-state index is -0.0897. The van der Waals surface area contributed by atoms with Crippen LogP contribution in [-0.4, -0.2) is 43.7 Å². The lowest BCUT2D eigenvalue weighted by Crippen LogP contribution is -2.50. The number of amides is 2. The van der Waals surface area contributed by atoms with Crippen molar-refractivity contribution in [1.82, 2.24) is 4.90 Å². The first-order chi connectivity index (χ1) is 12.6. The lowest BCUT2D eigenvalue weighted by atomic mass is 10.2. The summed E-state index contributed by atoms with van der Waals surface area (Å²) >= 11 is 6.13. The molecule has 138 valence electrons. The summed E-state index contributed by atoms with van der Waals surface area (Å²) in [6, 6.07) is 13.5. The van der Waals surface area contributed by atoms with Gasteiger partial charge in [-0.15, -0.1) is 0 Å². The Hall–Kier alpha value is -2.40. The molecule has 26 heavy (non-hydrogen) atoms. The Bertz CT molecular complexity index is 773. The van der Waals surface area contributed by atoms with E-state index in [2.05, 4.69) is 16.3 Å². The molecule has 1 N–H and O–H groups in total. The van der Waals surface area contributed by atoms with Crippen molar-refractivity contribution in [2.45, 2.75) is 13.8 Å². The summed E-state index contributed by atoms with van der Waals surface area (Å²) in [5.41, 5.74) is 2.72. The third-order valence-electron chi connectivity index (χ3n) is 4.58. The van der Waals surface area contributed by atoms with Gasteiger partial charge in [-0.3, -0.25) is 0 Å². The highest BCUT2D eigenvalue weighted by Gasteiger charge is 2.23. The number of para-hydroxylation sites is 2. The van der Waals surface area contributed by atoms with E-state index in [1.165, 1.54) is 0 Å². The fraction of sp³-hybridized carbons (Fsp3) is 0.350. The Kier molecular flexibility index (Phi) is 5.89. The van der Waals surface area contributed by atoms with E-state index >= 15 is 0 Å². The van der Waals surface area contributed by atoms with Gasteiger partial charge in [0.05, 0.1) is 12.3 Å². The number of nitrogens with zero attached hydrogens (tertiary/aromatic N) is 2. The van der Waals surface area contributed by atoms with Crippen LogP contribution in [0.2, 0.25) is 5.02 Å². The van der Waals surface area contributed by atoms with Gasteiger partial charge in [0.25, 0.3) is 0 Å². The highest BCUT2D eigenvalue weighted by Crippen LogP contribution is 2.29. The number of carbonyl (C=O) groups is 1. The van der Waals surface area contributed by atoms with Crippen LogP contribution in [0.5, 0.6) is 5.75 Å². The highest BCUT2D eigenvalue weighted by molar-refractivity contribution is 6.31. The molecule has 2 aromatic rings. The number of benzene rings is 2. The minimum absolute atomic E-state index is 0.0897. The van der Waals surface area contributed by atoms with Crippen LogP contribution in [0.3, 0.4) is 0 Å². The number of anilines is 2. The van der Waals surface area contributed by atoms with E-state index in [0.717, 1.165) is 35.8 Å². The first kappa shape index (κ1) is 18.4. The molecule has 1 aliphatic rings. The standard InChI is InChI=1S/C20H24ClN3O2/c1-3-26-19-10-5-4-9-18(19)23-11-13-24(14-12-23)20(25)22-17-8-6-7-16(21)15(17)2/h4-10H,3,11-14H2,1-2H3,(H,22,25). The number of urea groups is 1. The second-order valence-electron chi connectivity index (χ2n) is 6.22. The number of carbonyl (C=O) groups excluding carboxylic acids is 1. The summed E-state index contributed by atoms with van der Waals surface area (Å²) in [6.45, 7) is 7.38. The molecule has 0 saturated carbocycles. The van der Waals surface area contributed by atoms with Gasteiger partial charge in [-0.1, -0.05) is 29.8 Å². The molecule has 0 radical (unpaired) electrons. The molecular weight excluding hydrogens is 350 g/mol. The Morgan fingerprint density at radius 1 is 1.12 bits per heavy atom. The first-order valence-corrected chi connectivity index (χ1v) is 9.25. The van der Waals surface area contributed by atoms with Crippen molar-refractivity contribution >= 4 is 29.0 Å². The number of ether oxygens (including phenoxy) is 1. The molecule has 2 amide bonds. The average Bonchev–Trinajstić information content (AvgIpc) is 2.66. The topological polar surface area (TPSA) is 44.8 Å². The van der Waals surface area contributed by atoms with Gasteiger partial charge in [-0.25, -0.2) is 4.79 Å². The van der Waals surface area contributed by atoms with Crippen LogP contribution in [0.15, 0.2) is 42.5 Å². The summed E-state index contributed by atoms with van der Waals surface area (Å²) in [5, 5.41) is 3.62. The molecule has 0 spiro atoms. The van der Waals surface area contributed by atoms with Gasteiger partial charge >= 0.3 is 6.03 Å². The first-order valence-electron chi connectivity index (χ1n) is 8.88. The SMILES string of the molecule is CCOc1ccccc1N1CCN(C(=O)Nc2cccc(Cl)c2C)CC1. The van der Waals surface area contributed by atoms with Crippen LogP contribution in [0.25, 0.3) is 0 Å². The van der Waals surface area contributed by atoms with E-state index in [0.29, 0.717) is 24.7 Å². The maximum absolute atomic E-state index is 12.6. The average molecular weight is 374 g/mol. The van der Waals surface area contributed by atoms with Gasteiger partial charge in [0.2, 0.25) is 0 Å². The van der Waals surface area contributed by atoms with Crippen LogP contribution >= 0.6 is 11.6 Å². The molecule has 0 bridgehead atoms. The Labute approximate surface area is 159 Å². The number of piperazine rings is 1. The molecule has 0 aliphatic carbocycles. The monoisotopic (exact) mass is 373 g/mol. The molecule has 6 heteroatoms. The van der Waals surface area contributed by atoms with E-state index in [4.69, 9.17) is 16.3 Å². The van der Waals surface area contributed by atoms with Crippen molar-refractivity contribution in [3.8, 4) is 5.75 Å². The number of hydrogen-bond donors (Lipinski definition) is 1. The largest absolute Gasteiger partial charge is 0.492 e. The van der Waals surface area contributed by atoms with Crippen molar-refractivity contribution in [2.24, 2.45) is 0 Å². The minimum Gasteiger partial charge on any atom is -0.492 e. The predicted molar refractivity (Wildman–Crippen MR) is 107 cm³/mol. The normalized spacial score (nSPS) is 14.3. The Morgan fingerprint density at radius 3 is 2.58 bits per heavy atom. The molecule has 0 unspecified atom stereocenters. The van der Waals surface area contributed by atoms with E-state index in [-0.39, 0.29) is 6.03 Å². The lowest BCUT2D eigenvalue weighted by molar-refractivity contribution is 0.208. The van der Waals surface area contributed by atoms with Crippen molar-refractivity contribution in [3.63, 3.8) is 0 Å². The van der Waals surface area contributed by atoms with E-state index in [9.17, 15) is 4.79 Å². The van der Waals surface area contributed by atoms with Crippen molar-refractivity contribution in [3.05, 3.63) is 53.1 Å². The predicted octanol–water partition coefficient (Wildman–Crippen LogP) is 4.40. The molecule has 1 heterocycles. The van der Waals surface area contributed by atoms with E-state index < -0.39 is 0 Å². The molecule has 0 atom stereocenters. The Morgan fingerprint density at radius 2 is 1.85 bits per heavy atom. The maximum Gasteiger partial charge on any atom is 0.321 e. The molecule has 3 rings (SSSR count). The molecule has 2 aromatic carbocycles. The zero-order chi connectivity index (χ0) is 18.5. The second-order valence-corrected chi connectivity index (χ2v) is 6.62. The van der Waals surface area contributed by atoms with Gasteiger partial charge in [-0.2, -0.15) is 0 Å². The second kappa shape index (κ2) is 8.32.